The van der Waals surface area contributed by atoms with Crippen LogP contribution >= 0.6 is 0 Å². The largest absolute Gasteiger partial charge is 0.465 e. The average molecular weight is 431 g/mol. The third-order valence-corrected chi connectivity index (χ3v) is 5.09. The van der Waals surface area contributed by atoms with E-state index >= 15 is 0 Å². The van der Waals surface area contributed by atoms with E-state index in [2.05, 4.69) is 11.4 Å². The van der Waals surface area contributed by atoms with Gasteiger partial charge in [0.1, 0.15) is 5.60 Å². The number of carbonyl (C=O) groups is 1. The lowest BCUT2D eigenvalue weighted by molar-refractivity contribution is -0.0266. The molecule has 0 saturated heterocycles. The maximum atomic E-state index is 10.6. The fraction of sp³-hybridized carbons (Fsp3) is 0.231. The molecule has 0 aliphatic carbocycles. The maximum Gasteiger partial charge on any atom is 0.404 e. The minimum Gasteiger partial charge on any atom is -0.465 e. The van der Waals surface area contributed by atoms with E-state index in [0.717, 1.165) is 16.7 Å². The quantitative estimate of drug-likeness (QED) is 0.347. The number of carboxylic acid groups (broad SMARTS) is 1. The van der Waals surface area contributed by atoms with Gasteiger partial charge in [0.05, 0.1) is 31.8 Å². The summed E-state index contributed by atoms with van der Waals surface area (Å²) < 4.78 is 12.2. The molecule has 3 aromatic carbocycles. The monoisotopic (exact) mass is 430 g/mol. The SMILES string of the molecule is N#CC(CNC(=O)O)COCCOC(c1ccccc1)(c1ccccc1)c1ccccc1. The molecule has 2 N–H and O–H groups in total. The second-order valence-corrected chi connectivity index (χ2v) is 7.21. The van der Waals surface area contributed by atoms with E-state index in [0.29, 0.717) is 0 Å². The number of amides is 1. The molecule has 164 valence electrons. The standard InChI is InChI=1S/C26H26N2O4/c27-18-21(19-28-25(29)30)20-31-16-17-32-26(22-10-4-1-5-11-22,23-12-6-2-7-13-23)24-14-8-3-9-15-24/h1-15,21,28H,16-17,19-20H2,(H,29,30). The van der Waals surface area contributed by atoms with Gasteiger partial charge in [-0.25, -0.2) is 4.79 Å². The number of benzene rings is 3. The fourth-order valence-corrected chi connectivity index (χ4v) is 3.60. The van der Waals surface area contributed by atoms with E-state index < -0.39 is 17.6 Å². The van der Waals surface area contributed by atoms with Gasteiger partial charge in [0.2, 0.25) is 0 Å². The molecule has 0 aromatic heterocycles. The van der Waals surface area contributed by atoms with Crippen LogP contribution in [0.3, 0.4) is 0 Å². The molecule has 0 fully saturated rings. The Labute approximate surface area is 188 Å². The Morgan fingerprint density at radius 2 is 1.34 bits per heavy atom. The summed E-state index contributed by atoms with van der Waals surface area (Å²) in [4.78, 5) is 10.6. The molecule has 0 radical (unpaired) electrons. The summed E-state index contributed by atoms with van der Waals surface area (Å²) in [6.45, 7) is 0.687. The zero-order valence-electron chi connectivity index (χ0n) is 17.7. The van der Waals surface area contributed by atoms with Crippen molar-refractivity contribution in [1.82, 2.24) is 5.32 Å². The van der Waals surface area contributed by atoms with Gasteiger partial charge in [-0.2, -0.15) is 5.26 Å². The van der Waals surface area contributed by atoms with Gasteiger partial charge in [-0.3, -0.25) is 0 Å². The van der Waals surface area contributed by atoms with Crippen molar-refractivity contribution in [2.24, 2.45) is 5.92 Å². The first kappa shape index (κ1) is 23.0. The fourth-order valence-electron chi connectivity index (χ4n) is 3.60. The molecular formula is C26H26N2O4. The van der Waals surface area contributed by atoms with E-state index in [4.69, 9.17) is 14.6 Å². The Balaban J connectivity index is 1.80. The van der Waals surface area contributed by atoms with Crippen LogP contribution in [-0.4, -0.2) is 37.6 Å². The highest BCUT2D eigenvalue weighted by Gasteiger charge is 2.37. The van der Waals surface area contributed by atoms with Crippen LogP contribution in [0.25, 0.3) is 0 Å². The van der Waals surface area contributed by atoms with Crippen LogP contribution < -0.4 is 5.32 Å². The summed E-state index contributed by atoms with van der Waals surface area (Å²) in [6, 6.07) is 32.2. The normalized spacial score (nSPS) is 12.0. The van der Waals surface area contributed by atoms with Crippen LogP contribution in [0.5, 0.6) is 0 Å². The summed E-state index contributed by atoms with van der Waals surface area (Å²) in [6.07, 6.45) is -1.16. The molecule has 0 spiro atoms. The van der Waals surface area contributed by atoms with Gasteiger partial charge in [-0.1, -0.05) is 91.0 Å². The Bertz CT molecular complexity index is 908. The van der Waals surface area contributed by atoms with E-state index in [1.165, 1.54) is 0 Å². The van der Waals surface area contributed by atoms with Gasteiger partial charge in [0.15, 0.2) is 0 Å². The van der Waals surface area contributed by atoms with Crippen molar-refractivity contribution in [2.45, 2.75) is 5.60 Å². The van der Waals surface area contributed by atoms with Gasteiger partial charge >= 0.3 is 6.09 Å². The number of rotatable bonds is 11. The Morgan fingerprint density at radius 3 is 1.75 bits per heavy atom. The van der Waals surface area contributed by atoms with Crippen molar-refractivity contribution in [3.05, 3.63) is 108 Å². The summed E-state index contributed by atoms with van der Waals surface area (Å²) in [5.41, 5.74) is 2.17. The van der Waals surface area contributed by atoms with Crippen LogP contribution in [0, 0.1) is 17.2 Å². The Hall–Kier alpha value is -3.66. The maximum absolute atomic E-state index is 10.6. The van der Waals surface area contributed by atoms with Crippen LogP contribution in [0.15, 0.2) is 91.0 Å². The Kier molecular flexibility index (Phi) is 8.38. The predicted molar refractivity (Wildman–Crippen MR) is 121 cm³/mol. The molecule has 0 bridgehead atoms. The highest BCUT2D eigenvalue weighted by atomic mass is 16.5. The van der Waals surface area contributed by atoms with Gasteiger partial charge in [-0.15, -0.1) is 0 Å². The number of hydrogen-bond acceptors (Lipinski definition) is 4. The van der Waals surface area contributed by atoms with Gasteiger partial charge in [-0.05, 0) is 16.7 Å². The van der Waals surface area contributed by atoms with Gasteiger partial charge < -0.3 is 19.9 Å². The average Bonchev–Trinajstić information content (AvgIpc) is 2.85. The zero-order valence-corrected chi connectivity index (χ0v) is 17.7. The molecular weight excluding hydrogens is 404 g/mol. The lowest BCUT2D eigenvalue weighted by atomic mass is 9.80. The number of nitrogens with one attached hydrogen (secondary N) is 1. The number of ether oxygens (including phenoxy) is 2. The molecule has 0 saturated carbocycles. The number of hydrogen-bond donors (Lipinski definition) is 2. The van der Waals surface area contributed by atoms with Crippen LogP contribution in [-0.2, 0) is 15.1 Å². The van der Waals surface area contributed by atoms with Crippen LogP contribution in [0.2, 0.25) is 0 Å². The van der Waals surface area contributed by atoms with Crippen molar-refractivity contribution in [3.63, 3.8) is 0 Å². The molecule has 0 aliphatic heterocycles. The van der Waals surface area contributed by atoms with Crippen molar-refractivity contribution in [3.8, 4) is 6.07 Å². The highest BCUT2D eigenvalue weighted by molar-refractivity contribution is 5.64. The van der Waals surface area contributed by atoms with Crippen molar-refractivity contribution in [1.29, 1.82) is 5.26 Å². The molecule has 3 rings (SSSR count). The smallest absolute Gasteiger partial charge is 0.404 e. The topological polar surface area (TPSA) is 91.6 Å². The molecule has 0 aliphatic rings. The number of nitriles is 1. The second-order valence-electron chi connectivity index (χ2n) is 7.21. The first-order valence-electron chi connectivity index (χ1n) is 10.4. The third-order valence-electron chi connectivity index (χ3n) is 5.09. The summed E-state index contributed by atoms with van der Waals surface area (Å²) in [7, 11) is 0. The van der Waals surface area contributed by atoms with Crippen LogP contribution in [0.1, 0.15) is 16.7 Å². The minimum atomic E-state index is -1.16. The van der Waals surface area contributed by atoms with Gasteiger partial charge in [0.25, 0.3) is 0 Å². The molecule has 0 heterocycles. The van der Waals surface area contributed by atoms with E-state index in [1.54, 1.807) is 0 Å². The number of nitrogens with zero attached hydrogens (tertiary/aromatic N) is 1. The molecule has 1 amide bonds. The molecule has 1 atom stereocenters. The van der Waals surface area contributed by atoms with Crippen molar-refractivity contribution < 1.29 is 19.4 Å². The molecule has 6 heteroatoms. The predicted octanol–water partition coefficient (Wildman–Crippen LogP) is 4.42. The van der Waals surface area contributed by atoms with Gasteiger partial charge in [0, 0.05) is 6.54 Å². The lowest BCUT2D eigenvalue weighted by Crippen LogP contribution is -2.34. The highest BCUT2D eigenvalue weighted by Crippen LogP contribution is 2.40. The lowest BCUT2D eigenvalue weighted by Gasteiger charge is -2.36. The summed E-state index contributed by atoms with van der Waals surface area (Å²) in [5, 5.41) is 20.1. The van der Waals surface area contributed by atoms with E-state index in [1.807, 2.05) is 91.0 Å². The first-order valence-corrected chi connectivity index (χ1v) is 10.4. The Morgan fingerprint density at radius 1 is 0.875 bits per heavy atom. The minimum absolute atomic E-state index is 0.0225. The molecule has 6 nitrogen and oxygen atoms in total. The molecule has 32 heavy (non-hydrogen) atoms. The summed E-state index contributed by atoms with van der Waals surface area (Å²) >= 11 is 0. The van der Waals surface area contributed by atoms with Crippen LogP contribution in [0.4, 0.5) is 4.79 Å². The molecule has 1 unspecified atom stereocenters. The summed E-state index contributed by atoms with van der Waals surface area (Å²) in [5.74, 6) is -0.562. The zero-order chi connectivity index (χ0) is 22.7. The first-order chi connectivity index (χ1) is 15.7. The van der Waals surface area contributed by atoms with Crippen molar-refractivity contribution in [2.75, 3.05) is 26.4 Å². The molecule has 3 aromatic rings. The van der Waals surface area contributed by atoms with E-state index in [-0.39, 0.29) is 26.4 Å². The van der Waals surface area contributed by atoms with Crippen molar-refractivity contribution >= 4 is 6.09 Å². The van der Waals surface area contributed by atoms with E-state index in [9.17, 15) is 10.1 Å². The second kappa shape index (κ2) is 11.7. The third kappa shape index (κ3) is 5.73.